The van der Waals surface area contributed by atoms with Gasteiger partial charge >= 0.3 is 6.03 Å². The second kappa shape index (κ2) is 11.8. The second-order valence-electron chi connectivity index (χ2n) is 10.8. The van der Waals surface area contributed by atoms with Gasteiger partial charge in [-0.3, -0.25) is 19.7 Å². The lowest BCUT2D eigenvalue weighted by molar-refractivity contribution is -0.133. The highest BCUT2D eigenvalue weighted by atomic mass is 32.1. The smallest absolute Gasteiger partial charge is 0.319 e. The topological polar surface area (TPSA) is 99.7 Å². The molecular formula is C31H34N6O3S. The minimum absolute atomic E-state index is 0.0220. The van der Waals surface area contributed by atoms with Crippen LogP contribution in [0.1, 0.15) is 37.3 Å². The molecule has 6 rings (SSSR count). The first-order chi connectivity index (χ1) is 19.9. The number of nitrogens with one attached hydrogen (secondary N) is 2. The third-order valence-corrected chi connectivity index (χ3v) is 8.78. The molecule has 9 nitrogen and oxygen atoms in total. The Kier molecular flexibility index (Phi) is 7.84. The van der Waals surface area contributed by atoms with Crippen molar-refractivity contribution in [3.8, 4) is 22.1 Å². The van der Waals surface area contributed by atoms with Crippen molar-refractivity contribution in [1.82, 2.24) is 25.1 Å². The Morgan fingerprint density at radius 2 is 1.85 bits per heavy atom. The zero-order valence-electron chi connectivity index (χ0n) is 23.4. The van der Waals surface area contributed by atoms with Crippen LogP contribution in [0.4, 0.5) is 10.5 Å². The van der Waals surface area contributed by atoms with Crippen LogP contribution in [0, 0.1) is 6.92 Å². The van der Waals surface area contributed by atoms with Crippen LogP contribution in [-0.2, 0) is 11.3 Å². The number of pyridine rings is 2. The van der Waals surface area contributed by atoms with Gasteiger partial charge in [-0.25, -0.2) is 4.79 Å². The minimum atomic E-state index is -0.290. The molecule has 2 fully saturated rings. The van der Waals surface area contributed by atoms with Gasteiger partial charge in [0, 0.05) is 50.7 Å². The second-order valence-corrected chi connectivity index (χ2v) is 11.9. The fourth-order valence-electron chi connectivity index (χ4n) is 5.30. The highest BCUT2D eigenvalue weighted by Crippen LogP contribution is 2.39. The number of benzene rings is 1. The number of fused-ring (bicyclic) bond motifs is 1. The van der Waals surface area contributed by atoms with Crippen molar-refractivity contribution in [2.24, 2.45) is 0 Å². The molecular weight excluding hydrogens is 536 g/mol. The molecule has 2 saturated heterocycles. The summed E-state index contributed by atoms with van der Waals surface area (Å²) in [5.74, 6) is 1.46. The number of piperidine rings is 1. The number of hydrogen-bond donors (Lipinski definition) is 2. The van der Waals surface area contributed by atoms with Crippen LogP contribution in [0.2, 0.25) is 0 Å². The van der Waals surface area contributed by atoms with E-state index in [1.54, 1.807) is 22.4 Å². The summed E-state index contributed by atoms with van der Waals surface area (Å²) in [4.78, 5) is 38.3. The van der Waals surface area contributed by atoms with Crippen LogP contribution in [0.15, 0.2) is 54.9 Å². The number of likely N-dealkylation sites (tertiary alicyclic amines) is 2. The maximum absolute atomic E-state index is 12.4. The van der Waals surface area contributed by atoms with Gasteiger partial charge in [0.15, 0.2) is 0 Å². The van der Waals surface area contributed by atoms with Crippen molar-refractivity contribution in [3.05, 3.63) is 66.0 Å². The van der Waals surface area contributed by atoms with Gasteiger partial charge in [0.25, 0.3) is 0 Å². The SMILES string of the molecule is CC(=O)N1CC(NC(=O)Nc2ccc(Oc3ccnc4cc(-c5ccc(CN6CCCCC6)cn5)sc34)c(C)c2)C1. The first kappa shape index (κ1) is 27.2. The number of amides is 3. The fraction of sp³-hybridized carbons (Fsp3) is 0.355. The van der Waals surface area contributed by atoms with E-state index in [2.05, 4.69) is 38.7 Å². The van der Waals surface area contributed by atoms with Crippen molar-refractivity contribution >= 4 is 39.2 Å². The third-order valence-electron chi connectivity index (χ3n) is 7.62. The maximum Gasteiger partial charge on any atom is 0.319 e. The van der Waals surface area contributed by atoms with Crippen molar-refractivity contribution < 1.29 is 14.3 Å². The Labute approximate surface area is 243 Å². The molecule has 212 valence electrons. The number of hydrogen-bond acceptors (Lipinski definition) is 7. The van der Waals surface area contributed by atoms with Gasteiger partial charge in [-0.1, -0.05) is 12.5 Å². The molecule has 41 heavy (non-hydrogen) atoms. The lowest BCUT2D eigenvalue weighted by Gasteiger charge is -2.38. The number of anilines is 1. The Hall–Kier alpha value is -4.02. The van der Waals surface area contributed by atoms with E-state index in [4.69, 9.17) is 9.72 Å². The normalized spacial score (nSPS) is 15.9. The number of nitrogens with zero attached hydrogens (tertiary/aromatic N) is 4. The first-order valence-corrected chi connectivity index (χ1v) is 14.9. The third kappa shape index (κ3) is 6.34. The molecule has 0 atom stereocenters. The van der Waals surface area contributed by atoms with Crippen molar-refractivity contribution in [1.29, 1.82) is 0 Å². The highest BCUT2D eigenvalue weighted by molar-refractivity contribution is 7.22. The summed E-state index contributed by atoms with van der Waals surface area (Å²) < 4.78 is 7.30. The number of carbonyl (C=O) groups excluding carboxylic acids is 2. The van der Waals surface area contributed by atoms with Gasteiger partial charge in [-0.05, 0) is 74.3 Å². The summed E-state index contributed by atoms with van der Waals surface area (Å²) in [7, 11) is 0. The molecule has 0 radical (unpaired) electrons. The summed E-state index contributed by atoms with van der Waals surface area (Å²) in [5.41, 5.74) is 4.60. The monoisotopic (exact) mass is 570 g/mol. The van der Waals surface area contributed by atoms with Crippen molar-refractivity contribution in [3.63, 3.8) is 0 Å². The van der Waals surface area contributed by atoms with Crippen LogP contribution >= 0.6 is 11.3 Å². The number of thiophene rings is 1. The number of ether oxygens (including phenoxy) is 1. The average Bonchev–Trinajstić information content (AvgIpc) is 3.38. The molecule has 2 aliphatic rings. The van der Waals surface area contributed by atoms with Crippen LogP contribution in [0.5, 0.6) is 11.5 Å². The molecule has 2 N–H and O–H groups in total. The van der Waals surface area contributed by atoms with Gasteiger partial charge in [-0.2, -0.15) is 0 Å². The van der Waals surface area contributed by atoms with Gasteiger partial charge in [-0.15, -0.1) is 11.3 Å². The van der Waals surface area contributed by atoms with E-state index in [0.717, 1.165) is 38.6 Å². The molecule has 10 heteroatoms. The van der Waals surface area contributed by atoms with E-state index in [0.29, 0.717) is 24.5 Å². The Bertz CT molecular complexity index is 1560. The van der Waals surface area contributed by atoms with E-state index >= 15 is 0 Å². The number of rotatable bonds is 7. The molecule has 1 aromatic carbocycles. The molecule has 3 amide bonds. The molecule has 0 bridgehead atoms. The number of carbonyl (C=O) groups is 2. The standard InChI is InChI=1S/C31H34N6O3S/c1-20-14-23(34-31(39)35-24-18-37(19-24)21(2)38)7-9-27(20)40-28-10-11-32-26-15-29(41-30(26)28)25-8-6-22(16-33-25)17-36-12-4-3-5-13-36/h6-11,14-16,24H,3-5,12-13,17-19H2,1-2H3,(H2,34,35,39). The zero-order chi connectivity index (χ0) is 28.3. The lowest BCUT2D eigenvalue weighted by Crippen LogP contribution is -2.61. The molecule has 0 saturated carbocycles. The Morgan fingerprint density at radius 1 is 1.02 bits per heavy atom. The maximum atomic E-state index is 12.4. The highest BCUT2D eigenvalue weighted by Gasteiger charge is 2.29. The number of aryl methyl sites for hydroxylation is 1. The first-order valence-electron chi connectivity index (χ1n) is 14.1. The van der Waals surface area contributed by atoms with Gasteiger partial charge < -0.3 is 20.3 Å². The quantitative estimate of drug-likeness (QED) is 0.292. The Morgan fingerprint density at radius 3 is 2.59 bits per heavy atom. The summed E-state index contributed by atoms with van der Waals surface area (Å²) >= 11 is 1.62. The lowest BCUT2D eigenvalue weighted by atomic mass is 10.1. The van der Waals surface area contributed by atoms with Gasteiger partial charge in [0.05, 0.1) is 26.8 Å². The van der Waals surface area contributed by atoms with Crippen LogP contribution in [0.25, 0.3) is 20.8 Å². The van der Waals surface area contributed by atoms with E-state index < -0.39 is 0 Å². The van der Waals surface area contributed by atoms with E-state index in [9.17, 15) is 9.59 Å². The summed E-state index contributed by atoms with van der Waals surface area (Å²) in [6.45, 7) is 7.86. The van der Waals surface area contributed by atoms with Crippen LogP contribution in [-0.4, -0.2) is 63.9 Å². The molecule has 0 unspecified atom stereocenters. The zero-order valence-corrected chi connectivity index (χ0v) is 24.2. The van der Waals surface area contributed by atoms with Crippen LogP contribution < -0.4 is 15.4 Å². The molecule has 0 spiro atoms. The van der Waals surface area contributed by atoms with Crippen LogP contribution in [0.3, 0.4) is 0 Å². The van der Waals surface area contributed by atoms with Gasteiger partial charge in [0.2, 0.25) is 5.91 Å². The van der Waals surface area contributed by atoms with Gasteiger partial charge in [0.1, 0.15) is 11.5 Å². The summed E-state index contributed by atoms with van der Waals surface area (Å²) in [5, 5.41) is 5.76. The van der Waals surface area contributed by atoms with E-state index in [1.807, 2.05) is 37.4 Å². The number of urea groups is 1. The fourth-order valence-corrected chi connectivity index (χ4v) is 6.34. The average molecular weight is 571 g/mol. The summed E-state index contributed by atoms with van der Waals surface area (Å²) in [6.07, 6.45) is 7.65. The molecule has 3 aromatic heterocycles. The van der Waals surface area contributed by atoms with E-state index in [-0.39, 0.29) is 18.0 Å². The van der Waals surface area contributed by atoms with E-state index in [1.165, 1.54) is 44.8 Å². The summed E-state index contributed by atoms with van der Waals surface area (Å²) in [6, 6.07) is 13.5. The Balaban J connectivity index is 1.11. The predicted molar refractivity (Wildman–Crippen MR) is 161 cm³/mol. The molecule has 0 aliphatic carbocycles. The minimum Gasteiger partial charge on any atom is -0.455 e. The predicted octanol–water partition coefficient (Wildman–Crippen LogP) is 5.80. The van der Waals surface area contributed by atoms with Crippen molar-refractivity contribution in [2.45, 2.75) is 45.7 Å². The molecule has 5 heterocycles. The number of aromatic nitrogens is 2. The van der Waals surface area contributed by atoms with Crippen molar-refractivity contribution in [2.75, 3.05) is 31.5 Å². The molecule has 2 aliphatic heterocycles. The molecule has 4 aromatic rings. The largest absolute Gasteiger partial charge is 0.455 e.